The molecule has 0 aliphatic rings. The highest BCUT2D eigenvalue weighted by atomic mass is 35.5. The van der Waals surface area contributed by atoms with Crippen LogP contribution in [0.15, 0.2) is 35.0 Å². The Balaban J connectivity index is 2.37. The lowest BCUT2D eigenvalue weighted by Crippen LogP contribution is -2.31. The summed E-state index contributed by atoms with van der Waals surface area (Å²) in [6.45, 7) is 0.426. The van der Waals surface area contributed by atoms with Gasteiger partial charge in [0.2, 0.25) is 5.91 Å². The molecule has 0 radical (unpaired) electrons. The van der Waals surface area contributed by atoms with Crippen molar-refractivity contribution >= 4 is 57.7 Å². The van der Waals surface area contributed by atoms with Gasteiger partial charge in [0.15, 0.2) is 0 Å². The van der Waals surface area contributed by atoms with Crippen LogP contribution in [0.2, 0.25) is 10.0 Å². The standard InChI is InChI=1S/C13H10Cl3NOS/c14-6-12(18)17(7-9-4-5-19-8-9)11-3-1-2-10(15)13(11)16/h1-5,8H,6-7H2. The highest BCUT2D eigenvalue weighted by Gasteiger charge is 2.19. The first-order valence-corrected chi connectivity index (χ1v) is 7.68. The lowest BCUT2D eigenvalue weighted by molar-refractivity contribution is -0.116. The molecule has 6 heteroatoms. The van der Waals surface area contributed by atoms with Crippen LogP contribution in [0.4, 0.5) is 5.69 Å². The van der Waals surface area contributed by atoms with Gasteiger partial charge in [-0.25, -0.2) is 0 Å². The van der Waals surface area contributed by atoms with E-state index >= 15 is 0 Å². The highest BCUT2D eigenvalue weighted by molar-refractivity contribution is 7.07. The smallest absolute Gasteiger partial charge is 0.242 e. The molecule has 2 rings (SSSR count). The Labute approximate surface area is 130 Å². The Hall–Kier alpha value is -0.740. The van der Waals surface area contributed by atoms with Crippen molar-refractivity contribution in [2.24, 2.45) is 0 Å². The maximum atomic E-state index is 12.0. The summed E-state index contributed by atoms with van der Waals surface area (Å²) in [5, 5.41) is 4.71. The van der Waals surface area contributed by atoms with Crippen molar-refractivity contribution in [1.82, 2.24) is 0 Å². The number of benzene rings is 1. The van der Waals surface area contributed by atoms with Crippen molar-refractivity contribution in [3.8, 4) is 0 Å². The molecule has 2 aromatic rings. The van der Waals surface area contributed by atoms with Gasteiger partial charge in [0, 0.05) is 0 Å². The molecule has 0 spiro atoms. The predicted molar refractivity (Wildman–Crippen MR) is 82.7 cm³/mol. The molecule has 0 unspecified atom stereocenters. The lowest BCUT2D eigenvalue weighted by atomic mass is 10.2. The second-order valence-corrected chi connectivity index (χ2v) is 5.65. The number of alkyl halides is 1. The molecular formula is C13H10Cl3NOS. The second kappa shape index (κ2) is 6.62. The summed E-state index contributed by atoms with van der Waals surface area (Å²) in [6, 6.07) is 7.15. The molecular weight excluding hydrogens is 325 g/mol. The van der Waals surface area contributed by atoms with E-state index < -0.39 is 0 Å². The van der Waals surface area contributed by atoms with E-state index in [0.717, 1.165) is 5.56 Å². The zero-order valence-corrected chi connectivity index (χ0v) is 12.9. The van der Waals surface area contributed by atoms with Crippen molar-refractivity contribution in [3.63, 3.8) is 0 Å². The van der Waals surface area contributed by atoms with Crippen LogP contribution < -0.4 is 4.90 Å². The van der Waals surface area contributed by atoms with E-state index in [9.17, 15) is 4.79 Å². The van der Waals surface area contributed by atoms with E-state index in [0.29, 0.717) is 22.3 Å². The molecule has 0 bridgehead atoms. The van der Waals surface area contributed by atoms with Crippen molar-refractivity contribution in [2.75, 3.05) is 10.8 Å². The Morgan fingerprint density at radius 2 is 2.05 bits per heavy atom. The normalized spacial score (nSPS) is 10.5. The Morgan fingerprint density at radius 1 is 1.26 bits per heavy atom. The largest absolute Gasteiger partial charge is 0.305 e. The van der Waals surface area contributed by atoms with Crippen LogP contribution in [0.25, 0.3) is 0 Å². The van der Waals surface area contributed by atoms with Gasteiger partial charge in [0.1, 0.15) is 5.88 Å². The Bertz CT molecular complexity index is 571. The van der Waals surface area contributed by atoms with Crippen LogP contribution in [0.5, 0.6) is 0 Å². The average molecular weight is 335 g/mol. The number of thiophene rings is 1. The third kappa shape index (κ3) is 3.42. The van der Waals surface area contributed by atoms with Crippen LogP contribution in [0, 0.1) is 0 Å². The monoisotopic (exact) mass is 333 g/mol. The molecule has 1 amide bonds. The van der Waals surface area contributed by atoms with Gasteiger partial charge in [0.25, 0.3) is 0 Å². The van der Waals surface area contributed by atoms with E-state index in [4.69, 9.17) is 34.8 Å². The number of carbonyl (C=O) groups excluding carboxylic acids is 1. The maximum Gasteiger partial charge on any atom is 0.242 e. The van der Waals surface area contributed by atoms with Gasteiger partial charge >= 0.3 is 0 Å². The summed E-state index contributed by atoms with van der Waals surface area (Å²) in [4.78, 5) is 13.5. The SMILES string of the molecule is O=C(CCl)N(Cc1ccsc1)c1cccc(Cl)c1Cl. The van der Waals surface area contributed by atoms with E-state index in [2.05, 4.69) is 0 Å². The van der Waals surface area contributed by atoms with Crippen LogP contribution in [0.1, 0.15) is 5.56 Å². The molecule has 0 saturated heterocycles. The van der Waals surface area contributed by atoms with Crippen LogP contribution in [-0.2, 0) is 11.3 Å². The van der Waals surface area contributed by atoms with Crippen LogP contribution in [-0.4, -0.2) is 11.8 Å². The third-order valence-electron chi connectivity index (χ3n) is 2.56. The number of nitrogens with zero attached hydrogens (tertiary/aromatic N) is 1. The minimum Gasteiger partial charge on any atom is -0.305 e. The number of amides is 1. The zero-order valence-electron chi connectivity index (χ0n) is 9.78. The zero-order chi connectivity index (χ0) is 13.8. The number of anilines is 1. The molecule has 0 aliphatic heterocycles. The lowest BCUT2D eigenvalue weighted by Gasteiger charge is -2.23. The topological polar surface area (TPSA) is 20.3 Å². The maximum absolute atomic E-state index is 12.0. The van der Waals surface area contributed by atoms with Gasteiger partial charge in [-0.1, -0.05) is 29.3 Å². The molecule has 100 valence electrons. The number of halogens is 3. The van der Waals surface area contributed by atoms with E-state index in [1.54, 1.807) is 34.4 Å². The summed E-state index contributed by atoms with van der Waals surface area (Å²) in [7, 11) is 0. The number of rotatable bonds is 4. The highest BCUT2D eigenvalue weighted by Crippen LogP contribution is 2.33. The van der Waals surface area contributed by atoms with Gasteiger partial charge in [0.05, 0.1) is 22.3 Å². The fraction of sp³-hybridized carbons (Fsp3) is 0.154. The summed E-state index contributed by atoms with van der Waals surface area (Å²) in [6.07, 6.45) is 0. The van der Waals surface area contributed by atoms with Gasteiger partial charge < -0.3 is 4.90 Å². The van der Waals surface area contributed by atoms with Crippen molar-refractivity contribution in [2.45, 2.75) is 6.54 Å². The molecule has 0 fully saturated rings. The molecule has 0 saturated carbocycles. The molecule has 1 aromatic carbocycles. The molecule has 1 aromatic heterocycles. The summed E-state index contributed by atoms with van der Waals surface area (Å²) in [5.74, 6) is -0.315. The molecule has 0 N–H and O–H groups in total. The predicted octanol–water partition coefficient (Wildman–Crippen LogP) is 4.83. The molecule has 0 aliphatic carbocycles. The van der Waals surface area contributed by atoms with Gasteiger partial charge in [-0.15, -0.1) is 11.6 Å². The number of hydrogen-bond acceptors (Lipinski definition) is 2. The van der Waals surface area contributed by atoms with Gasteiger partial charge in [-0.2, -0.15) is 11.3 Å². The minimum absolute atomic E-state index is 0.104. The first-order valence-electron chi connectivity index (χ1n) is 5.45. The molecule has 0 atom stereocenters. The number of hydrogen-bond donors (Lipinski definition) is 0. The van der Waals surface area contributed by atoms with Crippen molar-refractivity contribution in [3.05, 3.63) is 50.6 Å². The fourth-order valence-corrected chi connectivity index (χ4v) is 2.85. The Morgan fingerprint density at radius 3 is 2.68 bits per heavy atom. The molecule has 19 heavy (non-hydrogen) atoms. The van der Waals surface area contributed by atoms with E-state index in [1.165, 1.54) is 0 Å². The van der Waals surface area contributed by atoms with Crippen molar-refractivity contribution in [1.29, 1.82) is 0 Å². The summed E-state index contributed by atoms with van der Waals surface area (Å²) >= 11 is 19.4. The van der Waals surface area contributed by atoms with Crippen LogP contribution in [0.3, 0.4) is 0 Å². The van der Waals surface area contributed by atoms with Gasteiger partial charge in [-0.05, 0) is 34.5 Å². The number of carbonyl (C=O) groups is 1. The summed E-state index contributed by atoms with van der Waals surface area (Å²) < 4.78 is 0. The van der Waals surface area contributed by atoms with E-state index in [-0.39, 0.29) is 11.8 Å². The van der Waals surface area contributed by atoms with Gasteiger partial charge in [-0.3, -0.25) is 4.79 Å². The fourth-order valence-electron chi connectivity index (χ4n) is 1.65. The average Bonchev–Trinajstić information content (AvgIpc) is 2.92. The van der Waals surface area contributed by atoms with E-state index in [1.807, 2.05) is 16.8 Å². The molecule has 1 heterocycles. The second-order valence-electron chi connectivity index (χ2n) is 3.82. The Kier molecular flexibility index (Phi) is 5.11. The van der Waals surface area contributed by atoms with Crippen molar-refractivity contribution < 1.29 is 4.79 Å². The molecule has 2 nitrogen and oxygen atoms in total. The summed E-state index contributed by atoms with van der Waals surface area (Å²) in [5.41, 5.74) is 1.60. The van der Waals surface area contributed by atoms with Crippen LogP contribution >= 0.6 is 46.1 Å². The minimum atomic E-state index is -0.211. The first kappa shape index (κ1) is 14.7. The first-order chi connectivity index (χ1) is 9.13. The quantitative estimate of drug-likeness (QED) is 0.734. The third-order valence-corrected chi connectivity index (χ3v) is 4.33.